The van der Waals surface area contributed by atoms with Gasteiger partial charge < -0.3 is 9.72 Å². The van der Waals surface area contributed by atoms with Gasteiger partial charge in [-0.2, -0.15) is 0 Å². The van der Waals surface area contributed by atoms with Crippen molar-refractivity contribution >= 4 is 11.3 Å². The number of rotatable bonds is 3. The molecular formula is C18H21N3. The van der Waals surface area contributed by atoms with Crippen LogP contribution in [-0.2, 0) is 0 Å². The molecule has 0 fully saturated rings. The third-order valence-corrected chi connectivity index (χ3v) is 3.88. The second-order valence-electron chi connectivity index (χ2n) is 5.54. The molecule has 0 amide bonds. The van der Waals surface area contributed by atoms with Gasteiger partial charge in [0.25, 0.3) is 0 Å². The van der Waals surface area contributed by atoms with Gasteiger partial charge in [-0.3, -0.25) is 0 Å². The maximum atomic E-state index is 4.81. The summed E-state index contributed by atoms with van der Waals surface area (Å²) in [4.78, 5) is 4.81. The highest BCUT2D eigenvalue weighted by Crippen LogP contribution is 2.28. The van der Waals surface area contributed by atoms with E-state index in [1.807, 2.05) is 0 Å². The zero-order chi connectivity index (χ0) is 15.0. The van der Waals surface area contributed by atoms with Crippen molar-refractivity contribution in [2.24, 2.45) is 0 Å². The summed E-state index contributed by atoms with van der Waals surface area (Å²) in [5, 5.41) is 3.35. The van der Waals surface area contributed by atoms with Crippen LogP contribution in [-0.4, -0.2) is 15.9 Å². The molecule has 2 aromatic heterocycles. The second-order valence-corrected chi connectivity index (χ2v) is 5.54. The van der Waals surface area contributed by atoms with Crippen LogP contribution in [0.2, 0.25) is 0 Å². The van der Waals surface area contributed by atoms with Crippen LogP contribution < -0.4 is 5.32 Å². The standard InChI is InChI=1S/C18H21N3/c1-5-19-15-7-9-17-20-18(14(4)21(17)11-15)16-8-6-12(2)10-13(16)3/h6-11,19H,5H2,1-4H3. The highest BCUT2D eigenvalue weighted by atomic mass is 15.0. The molecular weight excluding hydrogens is 258 g/mol. The lowest BCUT2D eigenvalue weighted by Crippen LogP contribution is -1.98. The number of benzene rings is 1. The number of hydrogen-bond acceptors (Lipinski definition) is 2. The van der Waals surface area contributed by atoms with E-state index in [0.717, 1.165) is 23.6 Å². The maximum Gasteiger partial charge on any atom is 0.137 e. The van der Waals surface area contributed by atoms with Crippen molar-refractivity contribution in [3.8, 4) is 11.3 Å². The van der Waals surface area contributed by atoms with E-state index >= 15 is 0 Å². The first-order chi connectivity index (χ1) is 10.1. The second kappa shape index (κ2) is 5.24. The van der Waals surface area contributed by atoms with Crippen molar-refractivity contribution in [1.82, 2.24) is 9.38 Å². The fourth-order valence-electron chi connectivity index (χ4n) is 2.81. The predicted molar refractivity (Wildman–Crippen MR) is 89.0 cm³/mol. The lowest BCUT2D eigenvalue weighted by Gasteiger charge is -2.06. The van der Waals surface area contributed by atoms with Crippen LogP contribution in [0.5, 0.6) is 0 Å². The van der Waals surface area contributed by atoms with E-state index in [1.165, 1.54) is 22.4 Å². The zero-order valence-electron chi connectivity index (χ0n) is 13.1. The normalized spacial score (nSPS) is 11.0. The zero-order valence-corrected chi connectivity index (χ0v) is 13.1. The summed E-state index contributed by atoms with van der Waals surface area (Å²) in [7, 11) is 0. The Bertz CT molecular complexity index is 800. The summed E-state index contributed by atoms with van der Waals surface area (Å²) < 4.78 is 2.16. The third-order valence-electron chi connectivity index (χ3n) is 3.88. The number of fused-ring (bicyclic) bond motifs is 1. The minimum Gasteiger partial charge on any atom is -0.384 e. The third kappa shape index (κ3) is 2.40. The topological polar surface area (TPSA) is 29.3 Å². The molecule has 108 valence electrons. The lowest BCUT2D eigenvalue weighted by atomic mass is 10.0. The molecule has 1 N–H and O–H groups in total. The quantitative estimate of drug-likeness (QED) is 0.772. The van der Waals surface area contributed by atoms with Gasteiger partial charge in [-0.1, -0.05) is 23.8 Å². The van der Waals surface area contributed by atoms with E-state index < -0.39 is 0 Å². The van der Waals surface area contributed by atoms with E-state index in [-0.39, 0.29) is 0 Å². The minimum atomic E-state index is 0.920. The van der Waals surface area contributed by atoms with Gasteiger partial charge in [0.2, 0.25) is 0 Å². The van der Waals surface area contributed by atoms with E-state index in [0.29, 0.717) is 0 Å². The molecule has 0 atom stereocenters. The number of aromatic nitrogens is 2. The maximum absolute atomic E-state index is 4.81. The van der Waals surface area contributed by atoms with Crippen molar-refractivity contribution in [2.75, 3.05) is 11.9 Å². The number of aryl methyl sites for hydroxylation is 3. The molecule has 3 aromatic rings. The average molecular weight is 279 g/mol. The molecule has 3 nitrogen and oxygen atoms in total. The first-order valence-electron chi connectivity index (χ1n) is 7.40. The van der Waals surface area contributed by atoms with Crippen LogP contribution in [0.25, 0.3) is 16.9 Å². The smallest absolute Gasteiger partial charge is 0.137 e. The Morgan fingerprint density at radius 3 is 2.62 bits per heavy atom. The average Bonchev–Trinajstić information content (AvgIpc) is 2.77. The van der Waals surface area contributed by atoms with Gasteiger partial charge >= 0.3 is 0 Å². The van der Waals surface area contributed by atoms with Gasteiger partial charge in [0.15, 0.2) is 0 Å². The first kappa shape index (κ1) is 13.7. The molecule has 0 aliphatic rings. The van der Waals surface area contributed by atoms with E-state index in [2.05, 4.69) is 73.9 Å². The molecule has 0 radical (unpaired) electrons. The Morgan fingerprint density at radius 1 is 1.10 bits per heavy atom. The largest absolute Gasteiger partial charge is 0.384 e. The number of pyridine rings is 1. The van der Waals surface area contributed by atoms with E-state index in [1.54, 1.807) is 0 Å². The van der Waals surface area contributed by atoms with Crippen LogP contribution in [0.4, 0.5) is 5.69 Å². The van der Waals surface area contributed by atoms with Crippen molar-refractivity contribution in [3.05, 3.63) is 53.3 Å². The fourth-order valence-corrected chi connectivity index (χ4v) is 2.81. The predicted octanol–water partition coefficient (Wildman–Crippen LogP) is 4.36. The molecule has 0 spiro atoms. The van der Waals surface area contributed by atoms with Crippen molar-refractivity contribution in [3.63, 3.8) is 0 Å². The Hall–Kier alpha value is -2.29. The molecule has 3 rings (SSSR count). The summed E-state index contributed by atoms with van der Waals surface area (Å²) >= 11 is 0. The van der Waals surface area contributed by atoms with Crippen LogP contribution in [0.15, 0.2) is 36.5 Å². The van der Waals surface area contributed by atoms with Crippen LogP contribution >= 0.6 is 0 Å². The first-order valence-corrected chi connectivity index (χ1v) is 7.40. The number of nitrogens with one attached hydrogen (secondary N) is 1. The molecule has 0 unspecified atom stereocenters. The van der Waals surface area contributed by atoms with Gasteiger partial charge in [0.05, 0.1) is 11.4 Å². The molecule has 0 bridgehead atoms. The molecule has 3 heteroatoms. The monoisotopic (exact) mass is 279 g/mol. The van der Waals surface area contributed by atoms with Gasteiger partial charge in [0, 0.05) is 24.0 Å². The number of hydrogen-bond donors (Lipinski definition) is 1. The Balaban J connectivity index is 2.17. The highest BCUT2D eigenvalue weighted by molar-refractivity contribution is 5.70. The Kier molecular flexibility index (Phi) is 3.42. The van der Waals surface area contributed by atoms with E-state index in [9.17, 15) is 0 Å². The summed E-state index contributed by atoms with van der Waals surface area (Å²) in [6, 6.07) is 10.7. The summed E-state index contributed by atoms with van der Waals surface area (Å²) in [6.45, 7) is 9.42. The number of imidazole rings is 1. The van der Waals surface area contributed by atoms with Crippen molar-refractivity contribution < 1.29 is 0 Å². The van der Waals surface area contributed by atoms with E-state index in [4.69, 9.17) is 4.98 Å². The summed E-state index contributed by atoms with van der Waals surface area (Å²) in [5.74, 6) is 0. The van der Waals surface area contributed by atoms with Gasteiger partial charge in [0.1, 0.15) is 5.65 Å². The lowest BCUT2D eigenvalue weighted by molar-refractivity contribution is 1.10. The number of anilines is 1. The molecule has 0 aliphatic heterocycles. The summed E-state index contributed by atoms with van der Waals surface area (Å²) in [6.07, 6.45) is 2.12. The summed E-state index contributed by atoms with van der Waals surface area (Å²) in [5.41, 5.74) is 8.13. The molecule has 21 heavy (non-hydrogen) atoms. The molecule has 0 saturated heterocycles. The highest BCUT2D eigenvalue weighted by Gasteiger charge is 2.12. The van der Waals surface area contributed by atoms with Gasteiger partial charge in [-0.05, 0) is 45.4 Å². The van der Waals surface area contributed by atoms with Crippen LogP contribution in [0, 0.1) is 20.8 Å². The van der Waals surface area contributed by atoms with Gasteiger partial charge in [-0.15, -0.1) is 0 Å². The molecule has 0 saturated carbocycles. The van der Waals surface area contributed by atoms with Crippen LogP contribution in [0.1, 0.15) is 23.7 Å². The Labute approximate surface area is 125 Å². The van der Waals surface area contributed by atoms with Crippen molar-refractivity contribution in [2.45, 2.75) is 27.7 Å². The van der Waals surface area contributed by atoms with Gasteiger partial charge in [-0.25, -0.2) is 4.98 Å². The minimum absolute atomic E-state index is 0.920. The Morgan fingerprint density at radius 2 is 1.90 bits per heavy atom. The van der Waals surface area contributed by atoms with Crippen molar-refractivity contribution in [1.29, 1.82) is 0 Å². The molecule has 1 aromatic carbocycles. The van der Waals surface area contributed by atoms with Crippen LogP contribution in [0.3, 0.4) is 0 Å². The number of nitrogens with zero attached hydrogens (tertiary/aromatic N) is 2. The fraction of sp³-hybridized carbons (Fsp3) is 0.278. The SMILES string of the molecule is CCNc1ccc2nc(-c3ccc(C)cc3C)c(C)n2c1. The molecule has 0 aliphatic carbocycles. The molecule has 2 heterocycles.